The van der Waals surface area contributed by atoms with E-state index in [0.717, 1.165) is 77.9 Å². The van der Waals surface area contributed by atoms with Crippen molar-refractivity contribution in [3.05, 3.63) is 72.3 Å². The predicted octanol–water partition coefficient (Wildman–Crippen LogP) is 6.03. The largest absolute Gasteiger partial charge is 0.496 e. The van der Waals surface area contributed by atoms with Gasteiger partial charge in [0.15, 0.2) is 0 Å². The van der Waals surface area contributed by atoms with E-state index in [2.05, 4.69) is 71.0 Å². The van der Waals surface area contributed by atoms with Crippen molar-refractivity contribution in [2.45, 2.75) is 19.8 Å². The third-order valence-corrected chi connectivity index (χ3v) is 6.87. The smallest absolute Gasteiger partial charge is 0.253 e. The van der Waals surface area contributed by atoms with Crippen molar-refractivity contribution in [1.82, 2.24) is 10.6 Å². The second kappa shape index (κ2) is 11.6. The van der Waals surface area contributed by atoms with Gasteiger partial charge in [0.25, 0.3) is 5.91 Å². The summed E-state index contributed by atoms with van der Waals surface area (Å²) in [5, 5.41) is 11.2. The van der Waals surface area contributed by atoms with Gasteiger partial charge in [0.1, 0.15) is 5.75 Å². The van der Waals surface area contributed by atoms with Gasteiger partial charge in [-0.2, -0.15) is 0 Å². The minimum atomic E-state index is -0.0156. The molecule has 36 heavy (non-hydrogen) atoms. The number of methoxy groups -OCH3 is 1. The van der Waals surface area contributed by atoms with Gasteiger partial charge in [-0.1, -0.05) is 55.8 Å². The molecule has 188 valence electrons. The van der Waals surface area contributed by atoms with Crippen LogP contribution in [0.2, 0.25) is 0 Å². The van der Waals surface area contributed by atoms with Crippen LogP contribution in [0.5, 0.6) is 5.75 Å². The molecule has 0 bridgehead atoms. The molecule has 1 amide bonds. The van der Waals surface area contributed by atoms with Gasteiger partial charge >= 0.3 is 0 Å². The van der Waals surface area contributed by atoms with Crippen LogP contribution in [0.4, 0.5) is 5.69 Å². The highest BCUT2D eigenvalue weighted by molar-refractivity contribution is 6.17. The zero-order valence-electron chi connectivity index (χ0n) is 21.0. The Labute approximate surface area is 219 Å². The van der Waals surface area contributed by atoms with Crippen LogP contribution in [0.25, 0.3) is 32.7 Å². The first-order valence-corrected chi connectivity index (χ1v) is 12.6. The Morgan fingerprint density at radius 2 is 1.61 bits per heavy atom. The summed E-state index contributed by atoms with van der Waals surface area (Å²) >= 11 is 0. The number of hydrogen-bond donors (Lipinski definition) is 2. The number of fused-ring (bicyclic) bond motifs is 2. The molecule has 0 unspecified atom stereocenters. The Bertz CT molecular complexity index is 1370. The summed E-state index contributed by atoms with van der Waals surface area (Å²) in [5.41, 5.74) is 3.76. The molecule has 2 N–H and O–H groups in total. The molecular formula is C30H34ClN3O2. The maximum Gasteiger partial charge on any atom is 0.253 e. The molecule has 0 aliphatic carbocycles. The minimum Gasteiger partial charge on any atom is -0.496 e. The zero-order valence-corrected chi connectivity index (χ0v) is 21.8. The lowest BCUT2D eigenvalue weighted by Crippen LogP contribution is -2.44. The molecule has 1 aliphatic rings. The first-order valence-electron chi connectivity index (χ1n) is 12.6. The van der Waals surface area contributed by atoms with Gasteiger partial charge in [0.2, 0.25) is 0 Å². The van der Waals surface area contributed by atoms with E-state index in [0.29, 0.717) is 6.54 Å². The molecule has 6 heteroatoms. The van der Waals surface area contributed by atoms with E-state index in [4.69, 9.17) is 4.74 Å². The van der Waals surface area contributed by atoms with Crippen LogP contribution in [-0.4, -0.2) is 45.7 Å². The number of nitrogens with one attached hydrogen (secondary N) is 2. The molecule has 5 rings (SSSR count). The number of nitrogens with zero attached hydrogens (tertiary/aromatic N) is 1. The molecule has 1 fully saturated rings. The van der Waals surface area contributed by atoms with Gasteiger partial charge in [0.05, 0.1) is 18.4 Å². The van der Waals surface area contributed by atoms with Crippen LogP contribution in [0.3, 0.4) is 0 Å². The molecule has 0 radical (unpaired) electrons. The van der Waals surface area contributed by atoms with Gasteiger partial charge in [0, 0.05) is 43.7 Å². The van der Waals surface area contributed by atoms with Crippen LogP contribution in [0.1, 0.15) is 30.1 Å². The van der Waals surface area contributed by atoms with Crippen LogP contribution in [-0.2, 0) is 0 Å². The SMILES string of the molecule is CCCCNC(=O)c1cc(-c2ccccc2OC)c2cc3ccccc3cc2c1N1CCNCC1.Cl. The van der Waals surface area contributed by atoms with Gasteiger partial charge in [-0.3, -0.25) is 4.79 Å². The number of anilines is 1. The monoisotopic (exact) mass is 503 g/mol. The predicted molar refractivity (Wildman–Crippen MR) is 153 cm³/mol. The number of amides is 1. The second-order valence-electron chi connectivity index (χ2n) is 9.11. The van der Waals surface area contributed by atoms with Gasteiger partial charge in [-0.05, 0) is 52.4 Å². The Hall–Kier alpha value is -3.28. The summed E-state index contributed by atoms with van der Waals surface area (Å²) in [5.74, 6) is 0.785. The Balaban J connectivity index is 0.00000304. The van der Waals surface area contributed by atoms with Crippen LogP contribution in [0.15, 0.2) is 66.7 Å². The third-order valence-electron chi connectivity index (χ3n) is 6.87. The summed E-state index contributed by atoms with van der Waals surface area (Å²) in [6.45, 7) is 6.35. The fourth-order valence-corrected chi connectivity index (χ4v) is 5.06. The zero-order chi connectivity index (χ0) is 24.2. The number of para-hydroxylation sites is 1. The van der Waals surface area contributed by atoms with E-state index in [-0.39, 0.29) is 18.3 Å². The topological polar surface area (TPSA) is 53.6 Å². The van der Waals surface area contributed by atoms with Crippen molar-refractivity contribution in [3.63, 3.8) is 0 Å². The number of carbonyl (C=O) groups excluding carboxylic acids is 1. The van der Waals surface area contributed by atoms with E-state index in [1.165, 1.54) is 10.8 Å². The molecular weight excluding hydrogens is 470 g/mol. The average molecular weight is 504 g/mol. The second-order valence-corrected chi connectivity index (χ2v) is 9.11. The number of piperazine rings is 1. The number of hydrogen-bond acceptors (Lipinski definition) is 4. The van der Waals surface area contributed by atoms with Gasteiger partial charge < -0.3 is 20.3 Å². The van der Waals surface area contributed by atoms with Gasteiger partial charge in [-0.15, -0.1) is 12.4 Å². The molecule has 5 nitrogen and oxygen atoms in total. The molecule has 0 spiro atoms. The van der Waals surface area contributed by atoms with E-state index >= 15 is 0 Å². The van der Waals surface area contributed by atoms with Crippen LogP contribution in [0, 0.1) is 0 Å². The van der Waals surface area contributed by atoms with E-state index < -0.39 is 0 Å². The highest BCUT2D eigenvalue weighted by atomic mass is 35.5. The number of ether oxygens (including phenoxy) is 1. The third kappa shape index (κ3) is 4.99. The Morgan fingerprint density at radius 1 is 0.944 bits per heavy atom. The van der Waals surface area contributed by atoms with Crippen molar-refractivity contribution in [2.24, 2.45) is 0 Å². The highest BCUT2D eigenvalue weighted by Gasteiger charge is 2.24. The number of unbranched alkanes of at least 4 members (excludes halogenated alkanes) is 1. The quantitative estimate of drug-likeness (QED) is 0.239. The molecule has 1 aliphatic heterocycles. The minimum absolute atomic E-state index is 0. The summed E-state index contributed by atoms with van der Waals surface area (Å²) in [6, 6.07) is 23.1. The summed E-state index contributed by atoms with van der Waals surface area (Å²) in [7, 11) is 1.70. The fourth-order valence-electron chi connectivity index (χ4n) is 5.06. The number of rotatable bonds is 7. The van der Waals surface area contributed by atoms with E-state index in [1.807, 2.05) is 18.2 Å². The highest BCUT2D eigenvalue weighted by Crippen LogP contribution is 2.42. The number of benzene rings is 4. The first kappa shape index (κ1) is 25.8. The van der Waals surface area contributed by atoms with Crippen molar-refractivity contribution in [1.29, 1.82) is 0 Å². The van der Waals surface area contributed by atoms with E-state index in [9.17, 15) is 4.79 Å². The molecule has 4 aromatic rings. The molecule has 0 saturated carbocycles. The van der Waals surface area contributed by atoms with Crippen molar-refractivity contribution in [3.8, 4) is 16.9 Å². The molecule has 0 aromatic heterocycles. The Kier molecular flexibility index (Phi) is 8.34. The lowest BCUT2D eigenvalue weighted by Gasteiger charge is -2.33. The number of halogens is 1. The number of carbonyl (C=O) groups is 1. The summed E-state index contributed by atoms with van der Waals surface area (Å²) < 4.78 is 5.74. The van der Waals surface area contributed by atoms with E-state index in [1.54, 1.807) is 7.11 Å². The Morgan fingerprint density at radius 3 is 2.31 bits per heavy atom. The van der Waals surface area contributed by atoms with Crippen molar-refractivity contribution in [2.75, 3.05) is 44.7 Å². The molecule has 4 aromatic carbocycles. The normalized spacial score (nSPS) is 13.4. The maximum absolute atomic E-state index is 13.6. The van der Waals surface area contributed by atoms with Crippen molar-refractivity contribution < 1.29 is 9.53 Å². The lowest BCUT2D eigenvalue weighted by molar-refractivity contribution is 0.0953. The molecule has 0 atom stereocenters. The van der Waals surface area contributed by atoms with Crippen LogP contribution < -0.4 is 20.3 Å². The van der Waals surface area contributed by atoms with Gasteiger partial charge in [-0.25, -0.2) is 0 Å². The first-order chi connectivity index (χ1) is 17.2. The van der Waals surface area contributed by atoms with Crippen LogP contribution >= 0.6 is 12.4 Å². The molecule has 1 heterocycles. The molecule has 1 saturated heterocycles. The fraction of sp³-hybridized carbons (Fsp3) is 0.300. The maximum atomic E-state index is 13.6. The van der Waals surface area contributed by atoms with Crippen molar-refractivity contribution >= 4 is 45.5 Å². The standard InChI is InChI=1S/C30H33N3O2.ClH/c1-3-4-13-32-30(34)27-20-25(23-11-7-8-12-28(23)35-2)24-18-21-9-5-6-10-22(21)19-26(24)29(27)33-16-14-31-15-17-33;/h5-12,18-20,31H,3-4,13-17H2,1-2H3,(H,32,34);1H. The summed E-state index contributed by atoms with van der Waals surface area (Å²) in [4.78, 5) is 16.0. The average Bonchev–Trinajstić information content (AvgIpc) is 2.91. The summed E-state index contributed by atoms with van der Waals surface area (Å²) in [6.07, 6.45) is 2.01. The lowest BCUT2D eigenvalue weighted by atomic mass is 9.90.